The molecule has 0 saturated heterocycles. The number of nitrogens with zero attached hydrogens (tertiary/aromatic N) is 2. The highest BCUT2D eigenvalue weighted by Crippen LogP contribution is 2.16. The van der Waals surface area contributed by atoms with Gasteiger partial charge in [0.05, 0.1) is 11.8 Å². The normalized spacial score (nSPS) is 12.7. The van der Waals surface area contributed by atoms with Crippen molar-refractivity contribution in [1.29, 1.82) is 0 Å². The van der Waals surface area contributed by atoms with E-state index in [1.165, 1.54) is 0 Å². The average molecular weight is 252 g/mol. The van der Waals surface area contributed by atoms with E-state index in [0.29, 0.717) is 11.9 Å². The maximum absolute atomic E-state index is 5.70. The second-order valence-electron chi connectivity index (χ2n) is 4.56. The Balaban J connectivity index is 2.66. The SMILES string of the molecule is CCO[C@@H](CC)CNc1cc(C(C)C)nc(N)n1. The van der Waals surface area contributed by atoms with Crippen molar-refractivity contribution in [3.8, 4) is 0 Å². The van der Waals surface area contributed by atoms with E-state index in [0.717, 1.165) is 31.1 Å². The zero-order valence-corrected chi connectivity index (χ0v) is 11.7. The van der Waals surface area contributed by atoms with Crippen molar-refractivity contribution >= 4 is 11.8 Å². The molecule has 0 aromatic carbocycles. The second-order valence-corrected chi connectivity index (χ2v) is 4.56. The molecule has 1 aromatic rings. The molecule has 0 bridgehead atoms. The molecule has 0 fully saturated rings. The van der Waals surface area contributed by atoms with E-state index >= 15 is 0 Å². The first-order chi connectivity index (χ1) is 8.56. The van der Waals surface area contributed by atoms with E-state index in [-0.39, 0.29) is 6.10 Å². The molecule has 0 aliphatic rings. The minimum absolute atomic E-state index is 0.202. The highest BCUT2D eigenvalue weighted by molar-refractivity contribution is 5.41. The highest BCUT2D eigenvalue weighted by atomic mass is 16.5. The van der Waals surface area contributed by atoms with Gasteiger partial charge in [-0.25, -0.2) is 4.98 Å². The van der Waals surface area contributed by atoms with Gasteiger partial charge < -0.3 is 15.8 Å². The summed E-state index contributed by atoms with van der Waals surface area (Å²) in [4.78, 5) is 8.39. The number of nitrogen functional groups attached to an aromatic ring is 1. The fourth-order valence-corrected chi connectivity index (χ4v) is 1.65. The fourth-order valence-electron chi connectivity index (χ4n) is 1.65. The zero-order valence-electron chi connectivity index (χ0n) is 11.7. The predicted molar refractivity (Wildman–Crippen MR) is 74.7 cm³/mol. The van der Waals surface area contributed by atoms with Gasteiger partial charge in [0.25, 0.3) is 0 Å². The van der Waals surface area contributed by atoms with Crippen molar-refractivity contribution < 1.29 is 4.74 Å². The maximum atomic E-state index is 5.70. The lowest BCUT2D eigenvalue weighted by Gasteiger charge is -2.16. The fraction of sp³-hybridized carbons (Fsp3) is 0.692. The Kier molecular flexibility index (Phi) is 5.85. The van der Waals surface area contributed by atoms with E-state index in [4.69, 9.17) is 10.5 Å². The zero-order chi connectivity index (χ0) is 13.5. The largest absolute Gasteiger partial charge is 0.377 e. The van der Waals surface area contributed by atoms with Gasteiger partial charge in [0.15, 0.2) is 0 Å². The lowest BCUT2D eigenvalue weighted by atomic mass is 10.1. The van der Waals surface area contributed by atoms with Crippen LogP contribution in [0.4, 0.5) is 11.8 Å². The van der Waals surface area contributed by atoms with E-state index in [1.54, 1.807) is 0 Å². The summed E-state index contributed by atoms with van der Waals surface area (Å²) in [5.74, 6) is 1.42. The van der Waals surface area contributed by atoms with Crippen LogP contribution in [0.1, 0.15) is 45.7 Å². The average Bonchev–Trinajstić information content (AvgIpc) is 2.33. The molecule has 0 aliphatic carbocycles. The number of anilines is 2. The van der Waals surface area contributed by atoms with Gasteiger partial charge in [-0.05, 0) is 19.3 Å². The second kappa shape index (κ2) is 7.16. The van der Waals surface area contributed by atoms with E-state index in [9.17, 15) is 0 Å². The van der Waals surface area contributed by atoms with Crippen molar-refractivity contribution in [2.45, 2.75) is 46.1 Å². The third-order valence-corrected chi connectivity index (χ3v) is 2.72. The Hall–Kier alpha value is -1.36. The number of ether oxygens (including phenoxy) is 1. The number of nitrogens with one attached hydrogen (secondary N) is 1. The number of hydrogen-bond donors (Lipinski definition) is 2. The molecule has 0 amide bonds. The molecular weight excluding hydrogens is 228 g/mol. The third-order valence-electron chi connectivity index (χ3n) is 2.72. The standard InChI is InChI=1S/C13H24N4O/c1-5-10(18-6-2)8-15-12-7-11(9(3)4)16-13(14)17-12/h7,9-10H,5-6,8H2,1-4H3,(H3,14,15,16,17)/t10-/m0/s1. The lowest BCUT2D eigenvalue weighted by Crippen LogP contribution is -2.23. The molecule has 0 aliphatic heterocycles. The van der Waals surface area contributed by atoms with Crippen molar-refractivity contribution in [1.82, 2.24) is 9.97 Å². The van der Waals surface area contributed by atoms with Crippen LogP contribution in [0.25, 0.3) is 0 Å². The van der Waals surface area contributed by atoms with Crippen LogP contribution in [0, 0.1) is 0 Å². The Morgan fingerprint density at radius 1 is 1.33 bits per heavy atom. The molecule has 0 spiro atoms. The Labute approximate surface area is 109 Å². The lowest BCUT2D eigenvalue weighted by molar-refractivity contribution is 0.0695. The molecule has 5 heteroatoms. The van der Waals surface area contributed by atoms with Gasteiger partial charge >= 0.3 is 0 Å². The molecule has 3 N–H and O–H groups in total. The number of hydrogen-bond acceptors (Lipinski definition) is 5. The molecular formula is C13H24N4O. The van der Waals surface area contributed by atoms with E-state index < -0.39 is 0 Å². The molecule has 0 saturated carbocycles. The van der Waals surface area contributed by atoms with Crippen LogP contribution in [0.2, 0.25) is 0 Å². The first kappa shape index (κ1) is 14.7. The predicted octanol–water partition coefficient (Wildman–Crippen LogP) is 2.41. The Bertz CT molecular complexity index is 368. The van der Waals surface area contributed by atoms with Crippen LogP contribution in [0.3, 0.4) is 0 Å². The van der Waals surface area contributed by atoms with Crippen LogP contribution < -0.4 is 11.1 Å². The topological polar surface area (TPSA) is 73.1 Å². The molecule has 5 nitrogen and oxygen atoms in total. The number of nitrogens with two attached hydrogens (primary N) is 1. The summed E-state index contributed by atoms with van der Waals surface area (Å²) >= 11 is 0. The van der Waals surface area contributed by atoms with Gasteiger partial charge in [-0.15, -0.1) is 0 Å². The molecule has 102 valence electrons. The van der Waals surface area contributed by atoms with Gasteiger partial charge in [-0.3, -0.25) is 0 Å². The van der Waals surface area contributed by atoms with E-state index in [2.05, 4.69) is 36.1 Å². The summed E-state index contributed by atoms with van der Waals surface area (Å²) in [7, 11) is 0. The Morgan fingerprint density at radius 3 is 2.61 bits per heavy atom. The summed E-state index contributed by atoms with van der Waals surface area (Å²) in [6.45, 7) is 9.74. The first-order valence-electron chi connectivity index (χ1n) is 6.56. The highest BCUT2D eigenvalue weighted by Gasteiger charge is 2.08. The third kappa shape index (κ3) is 4.49. The summed E-state index contributed by atoms with van der Waals surface area (Å²) in [5.41, 5.74) is 6.65. The summed E-state index contributed by atoms with van der Waals surface area (Å²) in [6.07, 6.45) is 1.17. The summed E-state index contributed by atoms with van der Waals surface area (Å²) in [6, 6.07) is 1.94. The Morgan fingerprint density at radius 2 is 2.06 bits per heavy atom. The molecule has 18 heavy (non-hydrogen) atoms. The minimum Gasteiger partial charge on any atom is -0.377 e. The van der Waals surface area contributed by atoms with Gasteiger partial charge in [-0.2, -0.15) is 4.98 Å². The van der Waals surface area contributed by atoms with Gasteiger partial charge in [0, 0.05) is 19.2 Å². The summed E-state index contributed by atoms with van der Waals surface area (Å²) in [5, 5.41) is 3.26. The summed E-state index contributed by atoms with van der Waals surface area (Å²) < 4.78 is 5.58. The van der Waals surface area contributed by atoms with Crippen molar-refractivity contribution in [2.75, 3.05) is 24.2 Å². The minimum atomic E-state index is 0.202. The molecule has 0 radical (unpaired) electrons. The van der Waals surface area contributed by atoms with E-state index in [1.807, 2.05) is 13.0 Å². The van der Waals surface area contributed by atoms with Crippen LogP contribution in [0.15, 0.2) is 6.07 Å². The van der Waals surface area contributed by atoms with Crippen LogP contribution in [-0.2, 0) is 4.74 Å². The number of aromatic nitrogens is 2. The van der Waals surface area contributed by atoms with Gasteiger partial charge in [-0.1, -0.05) is 20.8 Å². The quantitative estimate of drug-likeness (QED) is 0.779. The van der Waals surface area contributed by atoms with Crippen molar-refractivity contribution in [3.63, 3.8) is 0 Å². The van der Waals surface area contributed by atoms with Crippen LogP contribution in [-0.4, -0.2) is 29.2 Å². The van der Waals surface area contributed by atoms with Crippen molar-refractivity contribution in [2.24, 2.45) is 0 Å². The first-order valence-corrected chi connectivity index (χ1v) is 6.56. The molecule has 1 atom stereocenters. The smallest absolute Gasteiger partial charge is 0.222 e. The van der Waals surface area contributed by atoms with Crippen LogP contribution >= 0.6 is 0 Å². The van der Waals surface area contributed by atoms with Crippen molar-refractivity contribution in [3.05, 3.63) is 11.8 Å². The molecule has 1 aromatic heterocycles. The maximum Gasteiger partial charge on any atom is 0.222 e. The number of rotatable bonds is 7. The molecule has 0 unspecified atom stereocenters. The molecule has 1 heterocycles. The molecule has 1 rings (SSSR count). The van der Waals surface area contributed by atoms with Gasteiger partial charge in [0.1, 0.15) is 5.82 Å². The van der Waals surface area contributed by atoms with Crippen LogP contribution in [0.5, 0.6) is 0 Å². The van der Waals surface area contributed by atoms with Gasteiger partial charge in [0.2, 0.25) is 5.95 Å². The monoisotopic (exact) mass is 252 g/mol.